The summed E-state index contributed by atoms with van der Waals surface area (Å²) in [5.74, 6) is 0.0424. The molecule has 90 valence electrons. The van der Waals surface area contributed by atoms with Gasteiger partial charge in [-0.15, -0.1) is 0 Å². The number of thiazole rings is 1. The zero-order valence-electron chi connectivity index (χ0n) is 9.51. The first-order chi connectivity index (χ1) is 8.78. The van der Waals surface area contributed by atoms with Gasteiger partial charge in [0.2, 0.25) is 5.91 Å². The summed E-state index contributed by atoms with van der Waals surface area (Å²) in [6.07, 6.45) is 0. The van der Waals surface area contributed by atoms with E-state index in [0.717, 1.165) is 16.8 Å². The largest absolute Gasteiger partial charge is 0.307 e. The van der Waals surface area contributed by atoms with Crippen molar-refractivity contribution in [1.82, 2.24) is 10.3 Å². The number of piperazine rings is 1. The fourth-order valence-electron chi connectivity index (χ4n) is 1.91. The number of hydrogen-bond donors (Lipinski definition) is 1. The molecule has 0 bridgehead atoms. The molecule has 0 aliphatic carbocycles. The predicted octanol–water partition coefficient (Wildman–Crippen LogP) is 1.10. The lowest BCUT2D eigenvalue weighted by atomic mass is 10.2. The van der Waals surface area contributed by atoms with E-state index in [4.69, 9.17) is 5.26 Å². The highest BCUT2D eigenvalue weighted by molar-refractivity contribution is 7.22. The molecule has 2 aromatic rings. The molecule has 1 aromatic carbocycles. The van der Waals surface area contributed by atoms with Gasteiger partial charge in [-0.25, -0.2) is 4.98 Å². The standard InChI is InChI=1S/C12H10N4OS/c13-6-8-1-2-9-10(5-8)18-12(15-9)16-4-3-14-7-11(16)17/h1-2,5,14H,3-4,7H2. The summed E-state index contributed by atoms with van der Waals surface area (Å²) in [4.78, 5) is 17.9. The van der Waals surface area contributed by atoms with Gasteiger partial charge in [-0.1, -0.05) is 11.3 Å². The van der Waals surface area contributed by atoms with Crippen molar-refractivity contribution < 1.29 is 4.79 Å². The summed E-state index contributed by atoms with van der Waals surface area (Å²) < 4.78 is 0.940. The first kappa shape index (κ1) is 11.1. The molecule has 1 N–H and O–H groups in total. The van der Waals surface area contributed by atoms with Crippen molar-refractivity contribution in [3.63, 3.8) is 0 Å². The molecule has 1 amide bonds. The Morgan fingerprint density at radius 1 is 1.50 bits per heavy atom. The number of nitrogens with one attached hydrogen (secondary N) is 1. The van der Waals surface area contributed by atoms with E-state index < -0.39 is 0 Å². The second-order valence-corrected chi connectivity index (χ2v) is 5.02. The van der Waals surface area contributed by atoms with E-state index in [0.29, 0.717) is 23.8 Å². The smallest absolute Gasteiger partial charge is 0.242 e. The Labute approximate surface area is 108 Å². The van der Waals surface area contributed by atoms with Crippen molar-refractivity contribution >= 4 is 32.6 Å². The summed E-state index contributed by atoms with van der Waals surface area (Å²) >= 11 is 1.45. The average Bonchev–Trinajstić information content (AvgIpc) is 2.81. The lowest BCUT2D eigenvalue weighted by Crippen LogP contribution is -2.48. The zero-order chi connectivity index (χ0) is 12.5. The number of hydrogen-bond acceptors (Lipinski definition) is 5. The molecule has 1 aliphatic rings. The maximum atomic E-state index is 11.8. The van der Waals surface area contributed by atoms with E-state index in [2.05, 4.69) is 16.4 Å². The molecule has 1 aliphatic heterocycles. The number of nitrogens with zero attached hydrogens (tertiary/aromatic N) is 3. The highest BCUT2D eigenvalue weighted by Crippen LogP contribution is 2.29. The summed E-state index contributed by atoms with van der Waals surface area (Å²) in [5.41, 5.74) is 1.45. The summed E-state index contributed by atoms with van der Waals surface area (Å²) in [6.45, 7) is 1.79. The van der Waals surface area contributed by atoms with Crippen molar-refractivity contribution in [1.29, 1.82) is 5.26 Å². The van der Waals surface area contributed by atoms with Gasteiger partial charge in [-0.05, 0) is 18.2 Å². The van der Waals surface area contributed by atoms with Crippen LogP contribution in [-0.2, 0) is 4.79 Å². The van der Waals surface area contributed by atoms with E-state index >= 15 is 0 Å². The number of rotatable bonds is 1. The van der Waals surface area contributed by atoms with Crippen LogP contribution in [0.15, 0.2) is 18.2 Å². The average molecular weight is 258 g/mol. The second-order valence-electron chi connectivity index (χ2n) is 4.01. The molecule has 0 spiro atoms. The Morgan fingerprint density at radius 2 is 2.39 bits per heavy atom. The van der Waals surface area contributed by atoms with Crippen molar-refractivity contribution in [3.8, 4) is 6.07 Å². The molecule has 0 unspecified atom stereocenters. The molecule has 1 fully saturated rings. The van der Waals surface area contributed by atoms with Gasteiger partial charge in [0.15, 0.2) is 5.13 Å². The van der Waals surface area contributed by atoms with Gasteiger partial charge in [0.05, 0.1) is 28.4 Å². The number of carbonyl (C=O) groups is 1. The van der Waals surface area contributed by atoms with Crippen LogP contribution in [0.4, 0.5) is 5.13 Å². The molecular weight excluding hydrogens is 248 g/mol. The van der Waals surface area contributed by atoms with Crippen molar-refractivity contribution in [3.05, 3.63) is 23.8 Å². The van der Waals surface area contributed by atoms with Crippen LogP contribution in [0, 0.1) is 11.3 Å². The maximum Gasteiger partial charge on any atom is 0.242 e. The minimum atomic E-state index is 0.0424. The van der Waals surface area contributed by atoms with Gasteiger partial charge in [0, 0.05) is 13.1 Å². The van der Waals surface area contributed by atoms with E-state index in [1.807, 2.05) is 12.1 Å². The van der Waals surface area contributed by atoms with Crippen LogP contribution in [-0.4, -0.2) is 30.5 Å². The maximum absolute atomic E-state index is 11.8. The number of carbonyl (C=O) groups excluding carboxylic acids is 1. The lowest BCUT2D eigenvalue weighted by molar-refractivity contribution is -0.118. The quantitative estimate of drug-likeness (QED) is 0.831. The van der Waals surface area contributed by atoms with Gasteiger partial charge >= 0.3 is 0 Å². The summed E-state index contributed by atoms with van der Waals surface area (Å²) in [5, 5.41) is 12.6. The third-order valence-corrected chi connectivity index (χ3v) is 3.87. The van der Waals surface area contributed by atoms with Crippen molar-refractivity contribution in [2.45, 2.75) is 0 Å². The Hall–Kier alpha value is -1.97. The number of benzene rings is 1. The first-order valence-corrected chi connectivity index (χ1v) is 6.41. The molecule has 6 heteroatoms. The molecule has 18 heavy (non-hydrogen) atoms. The predicted molar refractivity (Wildman–Crippen MR) is 69.6 cm³/mol. The molecule has 0 atom stereocenters. The van der Waals surface area contributed by atoms with Crippen molar-refractivity contribution in [2.75, 3.05) is 24.5 Å². The molecule has 2 heterocycles. The monoisotopic (exact) mass is 258 g/mol. The van der Waals surface area contributed by atoms with Crippen LogP contribution in [0.25, 0.3) is 10.2 Å². The topological polar surface area (TPSA) is 69.0 Å². The third kappa shape index (κ3) is 1.83. The summed E-state index contributed by atoms with van der Waals surface area (Å²) in [7, 11) is 0. The first-order valence-electron chi connectivity index (χ1n) is 5.60. The highest BCUT2D eigenvalue weighted by atomic mass is 32.1. The van der Waals surface area contributed by atoms with E-state index in [-0.39, 0.29) is 5.91 Å². The van der Waals surface area contributed by atoms with Crippen LogP contribution in [0.2, 0.25) is 0 Å². The second kappa shape index (κ2) is 4.37. The summed E-state index contributed by atoms with van der Waals surface area (Å²) in [6, 6.07) is 7.48. The molecule has 0 radical (unpaired) electrons. The van der Waals surface area contributed by atoms with Crippen LogP contribution in [0.1, 0.15) is 5.56 Å². The minimum Gasteiger partial charge on any atom is -0.307 e. The zero-order valence-corrected chi connectivity index (χ0v) is 10.3. The van der Waals surface area contributed by atoms with E-state index in [1.54, 1.807) is 11.0 Å². The van der Waals surface area contributed by atoms with Crippen molar-refractivity contribution in [2.24, 2.45) is 0 Å². The van der Waals surface area contributed by atoms with Gasteiger partial charge < -0.3 is 5.32 Å². The fraction of sp³-hybridized carbons (Fsp3) is 0.250. The highest BCUT2D eigenvalue weighted by Gasteiger charge is 2.22. The number of anilines is 1. The molecule has 1 aromatic heterocycles. The molecular formula is C12H10N4OS. The van der Waals surface area contributed by atoms with Crippen LogP contribution in [0.5, 0.6) is 0 Å². The van der Waals surface area contributed by atoms with Gasteiger partial charge in [0.25, 0.3) is 0 Å². The molecule has 1 saturated heterocycles. The van der Waals surface area contributed by atoms with Gasteiger partial charge in [-0.3, -0.25) is 9.69 Å². The Bertz CT molecular complexity index is 658. The lowest BCUT2D eigenvalue weighted by Gasteiger charge is -2.24. The van der Waals surface area contributed by atoms with Gasteiger partial charge in [0.1, 0.15) is 0 Å². The third-order valence-electron chi connectivity index (χ3n) is 2.83. The van der Waals surface area contributed by atoms with E-state index in [9.17, 15) is 4.79 Å². The molecule has 5 nitrogen and oxygen atoms in total. The molecule has 3 rings (SSSR count). The van der Waals surface area contributed by atoms with Crippen LogP contribution in [0.3, 0.4) is 0 Å². The Kier molecular flexibility index (Phi) is 2.70. The number of nitriles is 1. The van der Waals surface area contributed by atoms with Crippen LogP contribution < -0.4 is 10.2 Å². The van der Waals surface area contributed by atoms with Gasteiger partial charge in [-0.2, -0.15) is 5.26 Å². The van der Waals surface area contributed by atoms with Crippen LogP contribution >= 0.6 is 11.3 Å². The Balaban J connectivity index is 2.02. The number of aromatic nitrogens is 1. The minimum absolute atomic E-state index is 0.0424. The fourth-order valence-corrected chi connectivity index (χ4v) is 2.95. The normalized spacial score (nSPS) is 15.9. The Morgan fingerprint density at radius 3 is 3.17 bits per heavy atom. The SMILES string of the molecule is N#Cc1ccc2nc(N3CCNCC3=O)sc2c1. The number of amides is 1. The number of fused-ring (bicyclic) bond motifs is 1. The molecule has 0 saturated carbocycles. The van der Waals surface area contributed by atoms with E-state index in [1.165, 1.54) is 11.3 Å².